The molecule has 4 heteroatoms. The van der Waals surface area contributed by atoms with Gasteiger partial charge in [-0.1, -0.05) is 70.1 Å². The normalized spacial score (nSPS) is 11.9. The molecule has 22 heavy (non-hydrogen) atoms. The summed E-state index contributed by atoms with van der Waals surface area (Å²) in [6.45, 7) is 2.18. The summed E-state index contributed by atoms with van der Waals surface area (Å²) < 4.78 is 5.13. The molecular weight excluding hydrogens is 280 g/mol. The Kier molecular flexibility index (Phi) is 8.96. The van der Waals surface area contributed by atoms with Crippen LogP contribution in [0.4, 0.5) is 0 Å². The number of carboxylic acids is 1. The van der Waals surface area contributed by atoms with Gasteiger partial charge in [0, 0.05) is 0 Å². The van der Waals surface area contributed by atoms with Gasteiger partial charge in [-0.15, -0.1) is 0 Å². The maximum Gasteiger partial charge on any atom is 0.325 e. The number of carbonyl (C=O) groups is 2. The molecule has 1 N–H and O–H groups in total. The summed E-state index contributed by atoms with van der Waals surface area (Å²) in [5, 5.41) is 9.19. The molecule has 0 bridgehead atoms. The number of carbonyl (C=O) groups excluding carboxylic acids is 1. The number of hydrogen-bond donors (Lipinski definition) is 1. The summed E-state index contributed by atoms with van der Waals surface area (Å²) in [4.78, 5) is 23.2. The average molecular weight is 306 g/mol. The highest BCUT2D eigenvalue weighted by Gasteiger charge is 2.27. The molecule has 1 aromatic rings. The first kappa shape index (κ1) is 18.2. The largest absolute Gasteiger partial charge is 0.481 e. The average Bonchev–Trinajstić information content (AvgIpc) is 2.50. The van der Waals surface area contributed by atoms with E-state index >= 15 is 0 Å². The fourth-order valence-electron chi connectivity index (χ4n) is 2.32. The van der Waals surface area contributed by atoms with Crippen LogP contribution in [0.3, 0.4) is 0 Å². The molecule has 122 valence electrons. The van der Waals surface area contributed by atoms with Gasteiger partial charge < -0.3 is 9.84 Å². The molecule has 0 aliphatic rings. The van der Waals surface area contributed by atoms with E-state index in [0.717, 1.165) is 19.3 Å². The van der Waals surface area contributed by atoms with E-state index in [2.05, 4.69) is 6.92 Å². The van der Waals surface area contributed by atoms with Gasteiger partial charge in [0.25, 0.3) is 0 Å². The second kappa shape index (κ2) is 10.8. The molecule has 0 aliphatic heterocycles. The van der Waals surface area contributed by atoms with Crippen molar-refractivity contribution in [2.45, 2.75) is 58.3 Å². The van der Waals surface area contributed by atoms with Crippen LogP contribution < -0.4 is 4.74 Å². The van der Waals surface area contributed by atoms with E-state index in [1.54, 1.807) is 24.3 Å². The lowest BCUT2D eigenvalue weighted by molar-refractivity contribution is -0.153. The van der Waals surface area contributed by atoms with Gasteiger partial charge >= 0.3 is 11.9 Å². The van der Waals surface area contributed by atoms with Crippen LogP contribution in [-0.4, -0.2) is 17.0 Å². The van der Waals surface area contributed by atoms with Gasteiger partial charge in [-0.05, 0) is 18.6 Å². The van der Waals surface area contributed by atoms with Gasteiger partial charge in [-0.25, -0.2) is 0 Å². The fourth-order valence-corrected chi connectivity index (χ4v) is 2.32. The Hall–Kier alpha value is -1.84. The molecule has 1 atom stereocenters. The molecule has 0 aliphatic carbocycles. The summed E-state index contributed by atoms with van der Waals surface area (Å²) >= 11 is 0. The second-order valence-electron chi connectivity index (χ2n) is 5.53. The molecule has 0 radical (unpaired) electrons. The zero-order valence-corrected chi connectivity index (χ0v) is 13.3. The highest BCUT2D eigenvalue weighted by Crippen LogP contribution is 2.17. The number of esters is 1. The van der Waals surface area contributed by atoms with Crippen LogP contribution >= 0.6 is 0 Å². The Labute approximate surface area is 132 Å². The lowest BCUT2D eigenvalue weighted by atomic mass is 10.00. The van der Waals surface area contributed by atoms with Crippen molar-refractivity contribution >= 4 is 11.9 Å². The zero-order chi connectivity index (χ0) is 16.2. The minimum Gasteiger partial charge on any atom is -0.481 e. The van der Waals surface area contributed by atoms with Crippen molar-refractivity contribution in [3.05, 3.63) is 30.3 Å². The van der Waals surface area contributed by atoms with E-state index in [9.17, 15) is 14.7 Å². The van der Waals surface area contributed by atoms with Crippen molar-refractivity contribution in [3.8, 4) is 5.75 Å². The predicted molar refractivity (Wildman–Crippen MR) is 85.8 cm³/mol. The topological polar surface area (TPSA) is 63.6 Å². The predicted octanol–water partition coefficient (Wildman–Crippen LogP) is 4.43. The molecule has 1 aromatic carbocycles. The summed E-state index contributed by atoms with van der Waals surface area (Å²) in [6.07, 6.45) is 8.02. The van der Waals surface area contributed by atoms with Crippen LogP contribution in [0.5, 0.6) is 5.75 Å². The lowest BCUT2D eigenvalue weighted by Gasteiger charge is -2.11. The number of ether oxygens (including phenoxy) is 1. The van der Waals surface area contributed by atoms with Gasteiger partial charge in [0.15, 0.2) is 5.92 Å². The van der Waals surface area contributed by atoms with Gasteiger partial charge in [0.1, 0.15) is 5.75 Å². The third-order valence-electron chi connectivity index (χ3n) is 3.64. The quantitative estimate of drug-likeness (QED) is 0.284. The molecule has 0 fully saturated rings. The molecule has 1 rings (SSSR count). The minimum absolute atomic E-state index is 0.342. The molecule has 0 amide bonds. The molecule has 1 unspecified atom stereocenters. The first-order valence-electron chi connectivity index (χ1n) is 8.14. The van der Waals surface area contributed by atoms with Crippen molar-refractivity contribution in [2.24, 2.45) is 5.92 Å². The number of unbranched alkanes of at least 4 members (excludes halogenated alkanes) is 6. The maximum atomic E-state index is 12.0. The number of rotatable bonds is 11. The van der Waals surface area contributed by atoms with Gasteiger partial charge in [-0.2, -0.15) is 0 Å². The summed E-state index contributed by atoms with van der Waals surface area (Å²) in [6, 6.07) is 8.59. The summed E-state index contributed by atoms with van der Waals surface area (Å²) in [5.74, 6) is -2.47. The van der Waals surface area contributed by atoms with Gasteiger partial charge in [-0.3, -0.25) is 9.59 Å². The Balaban J connectivity index is 2.32. The first-order valence-corrected chi connectivity index (χ1v) is 8.14. The number of aliphatic carboxylic acids is 1. The number of benzene rings is 1. The molecule has 4 nitrogen and oxygen atoms in total. The fraction of sp³-hybridized carbons (Fsp3) is 0.556. The SMILES string of the molecule is CCCCCCCCCC(C(=O)O)C(=O)Oc1ccccc1. The van der Waals surface area contributed by atoms with Crippen molar-refractivity contribution in [3.63, 3.8) is 0 Å². The van der Waals surface area contributed by atoms with Crippen LogP contribution in [0.1, 0.15) is 58.3 Å². The van der Waals surface area contributed by atoms with Gasteiger partial charge in [0.05, 0.1) is 0 Å². The maximum absolute atomic E-state index is 12.0. The van der Waals surface area contributed by atoms with Crippen molar-refractivity contribution in [1.82, 2.24) is 0 Å². The van der Waals surface area contributed by atoms with E-state index in [1.165, 1.54) is 25.7 Å². The van der Waals surface area contributed by atoms with E-state index in [-0.39, 0.29) is 0 Å². The monoisotopic (exact) mass is 306 g/mol. The van der Waals surface area contributed by atoms with E-state index in [4.69, 9.17) is 4.74 Å². The van der Waals surface area contributed by atoms with Crippen LogP contribution in [0, 0.1) is 5.92 Å². The van der Waals surface area contributed by atoms with Crippen LogP contribution in [-0.2, 0) is 9.59 Å². The standard InChI is InChI=1S/C18H26O4/c1-2-3-4-5-6-7-11-14-16(17(19)20)18(21)22-15-12-9-8-10-13-15/h8-10,12-13,16H,2-7,11,14H2,1H3,(H,19,20). The Morgan fingerprint density at radius 3 is 2.18 bits per heavy atom. The van der Waals surface area contributed by atoms with Gasteiger partial charge in [0.2, 0.25) is 0 Å². The van der Waals surface area contributed by atoms with Crippen molar-refractivity contribution < 1.29 is 19.4 Å². The minimum atomic E-state index is -1.10. The number of hydrogen-bond acceptors (Lipinski definition) is 3. The number of carboxylic acid groups (broad SMARTS) is 1. The molecule has 0 saturated heterocycles. The van der Waals surface area contributed by atoms with Crippen LogP contribution in [0.15, 0.2) is 30.3 Å². The Morgan fingerprint density at radius 2 is 1.59 bits per heavy atom. The highest BCUT2D eigenvalue weighted by molar-refractivity contribution is 5.94. The molecule has 0 aromatic heterocycles. The zero-order valence-electron chi connectivity index (χ0n) is 13.3. The Bertz CT molecular complexity index is 442. The third kappa shape index (κ3) is 7.25. The lowest BCUT2D eigenvalue weighted by Crippen LogP contribution is -2.28. The number of para-hydroxylation sites is 1. The molecule has 0 saturated carbocycles. The molecule has 0 spiro atoms. The van der Waals surface area contributed by atoms with Crippen LogP contribution in [0.25, 0.3) is 0 Å². The Morgan fingerprint density at radius 1 is 1.00 bits per heavy atom. The molecule has 0 heterocycles. The highest BCUT2D eigenvalue weighted by atomic mass is 16.5. The summed E-state index contributed by atoms with van der Waals surface area (Å²) in [5.41, 5.74) is 0. The van der Waals surface area contributed by atoms with E-state index in [0.29, 0.717) is 12.2 Å². The van der Waals surface area contributed by atoms with E-state index < -0.39 is 17.9 Å². The summed E-state index contributed by atoms with van der Waals surface area (Å²) in [7, 11) is 0. The smallest absolute Gasteiger partial charge is 0.325 e. The van der Waals surface area contributed by atoms with Crippen LogP contribution in [0.2, 0.25) is 0 Å². The second-order valence-corrected chi connectivity index (χ2v) is 5.53. The van der Waals surface area contributed by atoms with E-state index in [1.807, 2.05) is 6.07 Å². The first-order chi connectivity index (χ1) is 10.6. The van der Waals surface area contributed by atoms with Crippen molar-refractivity contribution in [2.75, 3.05) is 0 Å². The third-order valence-corrected chi connectivity index (χ3v) is 3.64. The molecular formula is C18H26O4. The van der Waals surface area contributed by atoms with Crippen molar-refractivity contribution in [1.29, 1.82) is 0 Å².